The molecule has 0 radical (unpaired) electrons. The van der Waals surface area contributed by atoms with Gasteiger partial charge in [-0.1, -0.05) is 60.7 Å². The number of aryl methyl sites for hydroxylation is 1. The summed E-state index contributed by atoms with van der Waals surface area (Å²) in [6.07, 6.45) is 8.23. The van der Waals surface area contributed by atoms with E-state index in [-0.39, 0.29) is 24.0 Å². The average molecular weight is 470 g/mol. The molecule has 1 spiro atoms. The largest absolute Gasteiger partial charge is 0.361 e. The zero-order chi connectivity index (χ0) is 24.0. The minimum absolute atomic E-state index is 0.0243. The van der Waals surface area contributed by atoms with E-state index in [4.69, 9.17) is 4.74 Å². The van der Waals surface area contributed by atoms with Gasteiger partial charge in [-0.15, -0.1) is 0 Å². The number of rotatable bonds is 8. The van der Waals surface area contributed by atoms with Gasteiger partial charge in [-0.25, -0.2) is 0 Å². The first-order chi connectivity index (χ1) is 17.0. The van der Waals surface area contributed by atoms with Crippen molar-refractivity contribution in [3.05, 3.63) is 84.1 Å². The van der Waals surface area contributed by atoms with Crippen LogP contribution in [0.3, 0.4) is 0 Å². The molecule has 2 bridgehead atoms. The Morgan fingerprint density at radius 2 is 1.97 bits per heavy atom. The molecule has 2 saturated heterocycles. The maximum absolute atomic E-state index is 13.5. The number of benzene rings is 2. The third kappa shape index (κ3) is 3.86. The van der Waals surface area contributed by atoms with Crippen molar-refractivity contribution in [2.24, 2.45) is 11.8 Å². The number of ether oxygens (including phenoxy) is 1. The van der Waals surface area contributed by atoms with Crippen molar-refractivity contribution < 1.29 is 14.3 Å². The van der Waals surface area contributed by atoms with Gasteiger partial charge in [0.1, 0.15) is 5.60 Å². The van der Waals surface area contributed by atoms with Crippen molar-refractivity contribution in [2.45, 2.75) is 43.9 Å². The molecule has 0 aliphatic carbocycles. The highest BCUT2D eigenvalue weighted by Crippen LogP contribution is 2.51. The molecule has 2 aromatic carbocycles. The summed E-state index contributed by atoms with van der Waals surface area (Å²) in [6.45, 7) is 3.16. The Bertz CT molecular complexity index is 1280. The average Bonchev–Trinajstić information content (AvgIpc) is 3.62. The van der Waals surface area contributed by atoms with E-state index in [1.165, 1.54) is 16.5 Å². The fourth-order valence-corrected chi connectivity index (χ4v) is 6.10. The van der Waals surface area contributed by atoms with Crippen LogP contribution >= 0.6 is 0 Å². The zero-order valence-corrected chi connectivity index (χ0v) is 19.9. The van der Waals surface area contributed by atoms with Crippen molar-refractivity contribution in [1.82, 2.24) is 15.2 Å². The van der Waals surface area contributed by atoms with Crippen molar-refractivity contribution in [3.63, 3.8) is 0 Å². The lowest BCUT2D eigenvalue weighted by atomic mass is 9.76. The molecule has 3 aliphatic heterocycles. The van der Waals surface area contributed by atoms with E-state index in [1.807, 2.05) is 60.5 Å². The number of amides is 2. The van der Waals surface area contributed by atoms with Gasteiger partial charge in [-0.2, -0.15) is 0 Å². The van der Waals surface area contributed by atoms with Gasteiger partial charge in [0.05, 0.1) is 24.5 Å². The van der Waals surface area contributed by atoms with Gasteiger partial charge in [0.15, 0.2) is 0 Å². The Hall–Kier alpha value is -3.38. The van der Waals surface area contributed by atoms with Crippen LogP contribution in [0.25, 0.3) is 10.9 Å². The van der Waals surface area contributed by atoms with Crippen molar-refractivity contribution in [1.29, 1.82) is 0 Å². The Morgan fingerprint density at radius 1 is 1.17 bits per heavy atom. The first-order valence-electron chi connectivity index (χ1n) is 12.6. The molecule has 1 aromatic heterocycles. The molecule has 2 amide bonds. The van der Waals surface area contributed by atoms with Crippen molar-refractivity contribution in [3.8, 4) is 0 Å². The number of likely N-dealkylation sites (tertiary alicyclic amines) is 1. The van der Waals surface area contributed by atoms with Gasteiger partial charge < -0.3 is 19.9 Å². The minimum Gasteiger partial charge on any atom is -0.361 e. The number of aromatic nitrogens is 1. The van der Waals surface area contributed by atoms with E-state index >= 15 is 0 Å². The van der Waals surface area contributed by atoms with Gasteiger partial charge in [0.25, 0.3) is 0 Å². The molecule has 180 valence electrons. The number of nitrogens with zero attached hydrogens (tertiary/aromatic N) is 1. The van der Waals surface area contributed by atoms with Crippen LogP contribution in [0.15, 0.2) is 72.9 Å². The highest BCUT2D eigenvalue weighted by Gasteiger charge is 2.66. The van der Waals surface area contributed by atoms with Crippen LogP contribution < -0.4 is 5.32 Å². The van der Waals surface area contributed by atoms with Crippen LogP contribution in [-0.4, -0.2) is 52.5 Å². The zero-order valence-electron chi connectivity index (χ0n) is 19.9. The van der Waals surface area contributed by atoms with Gasteiger partial charge in [0, 0.05) is 29.7 Å². The molecule has 35 heavy (non-hydrogen) atoms. The number of para-hydroxylation sites is 1. The number of aromatic amines is 1. The first kappa shape index (κ1) is 22.1. The predicted octanol–water partition coefficient (Wildman–Crippen LogP) is 3.63. The van der Waals surface area contributed by atoms with E-state index in [0.29, 0.717) is 13.1 Å². The summed E-state index contributed by atoms with van der Waals surface area (Å²) < 4.78 is 6.30. The van der Waals surface area contributed by atoms with Gasteiger partial charge >= 0.3 is 0 Å². The van der Waals surface area contributed by atoms with Crippen LogP contribution in [0.5, 0.6) is 0 Å². The molecular weight excluding hydrogens is 438 g/mol. The van der Waals surface area contributed by atoms with Crippen LogP contribution in [0.4, 0.5) is 0 Å². The van der Waals surface area contributed by atoms with Crippen LogP contribution in [0.1, 0.15) is 24.5 Å². The van der Waals surface area contributed by atoms with Gasteiger partial charge in [-0.3, -0.25) is 9.59 Å². The quantitative estimate of drug-likeness (QED) is 0.495. The SMILES string of the molecule is C[C@@H](CCc1ccccc1)NC(=O)[C@@H]1[C@H]2C(=O)N(CCc3c[nH]c4ccccc34)C[C@@]23C=C[C@H]1O3. The molecule has 6 rings (SSSR count). The Kier molecular flexibility index (Phi) is 5.49. The van der Waals surface area contributed by atoms with E-state index in [2.05, 4.69) is 34.6 Å². The molecule has 6 heteroatoms. The standard InChI is InChI=1S/C29H31N3O3/c1-19(11-12-20-7-3-2-4-8-20)31-27(33)25-24-13-15-29(35-24)18-32(28(34)26(25)29)16-14-21-17-30-23-10-6-5-9-22(21)23/h2-10,13,15,17,19,24-26,30H,11-12,14,16,18H2,1H3,(H,31,33)/t19-,24+,25-,26-,29-/m0/s1. The molecule has 0 saturated carbocycles. The molecule has 0 unspecified atom stereocenters. The van der Waals surface area contributed by atoms with Crippen molar-refractivity contribution in [2.75, 3.05) is 13.1 Å². The highest BCUT2D eigenvalue weighted by atomic mass is 16.5. The summed E-state index contributed by atoms with van der Waals surface area (Å²) in [4.78, 5) is 32.1. The molecule has 2 N–H and O–H groups in total. The third-order valence-corrected chi connectivity index (χ3v) is 7.90. The Labute approximate surface area is 205 Å². The summed E-state index contributed by atoms with van der Waals surface area (Å²) in [5, 5.41) is 4.36. The summed E-state index contributed by atoms with van der Waals surface area (Å²) in [5.74, 6) is -0.945. The van der Waals surface area contributed by atoms with E-state index < -0.39 is 17.4 Å². The van der Waals surface area contributed by atoms with Crippen LogP contribution in [-0.2, 0) is 27.2 Å². The summed E-state index contributed by atoms with van der Waals surface area (Å²) in [6, 6.07) is 18.5. The second-order valence-electron chi connectivity index (χ2n) is 10.2. The minimum atomic E-state index is -0.669. The second kappa shape index (κ2) is 8.68. The molecule has 6 nitrogen and oxygen atoms in total. The number of H-pyrrole nitrogens is 1. The smallest absolute Gasteiger partial charge is 0.230 e. The highest BCUT2D eigenvalue weighted by molar-refractivity contribution is 5.93. The maximum Gasteiger partial charge on any atom is 0.230 e. The topological polar surface area (TPSA) is 74.4 Å². The number of carbonyl (C=O) groups is 2. The monoisotopic (exact) mass is 469 g/mol. The fourth-order valence-electron chi connectivity index (χ4n) is 6.10. The third-order valence-electron chi connectivity index (χ3n) is 7.90. The normalized spacial score (nSPS) is 27.5. The Balaban J connectivity index is 1.11. The molecule has 3 aliphatic rings. The number of fused-ring (bicyclic) bond motifs is 2. The number of hydrogen-bond acceptors (Lipinski definition) is 3. The van der Waals surface area contributed by atoms with E-state index in [1.54, 1.807) is 0 Å². The lowest BCUT2D eigenvalue weighted by Gasteiger charge is -2.25. The van der Waals surface area contributed by atoms with Crippen molar-refractivity contribution >= 4 is 22.7 Å². The van der Waals surface area contributed by atoms with Gasteiger partial charge in [0.2, 0.25) is 11.8 Å². The molecule has 2 fully saturated rings. The number of hydrogen-bond donors (Lipinski definition) is 2. The molecule has 5 atom stereocenters. The summed E-state index contributed by atoms with van der Waals surface area (Å²) in [5.41, 5.74) is 2.89. The lowest BCUT2D eigenvalue weighted by molar-refractivity contribution is -0.137. The fraction of sp³-hybridized carbons (Fsp3) is 0.379. The lowest BCUT2D eigenvalue weighted by Crippen LogP contribution is -2.46. The molecule has 4 heterocycles. The summed E-state index contributed by atoms with van der Waals surface area (Å²) >= 11 is 0. The number of carbonyl (C=O) groups excluding carboxylic acids is 2. The molecule has 3 aromatic rings. The molecular formula is C29H31N3O3. The van der Waals surface area contributed by atoms with E-state index in [0.717, 1.165) is 24.8 Å². The first-order valence-corrected chi connectivity index (χ1v) is 12.6. The predicted molar refractivity (Wildman–Crippen MR) is 135 cm³/mol. The van der Waals surface area contributed by atoms with Crippen LogP contribution in [0, 0.1) is 11.8 Å². The second-order valence-corrected chi connectivity index (χ2v) is 10.2. The Morgan fingerprint density at radius 3 is 2.83 bits per heavy atom. The van der Waals surface area contributed by atoms with Gasteiger partial charge in [-0.05, 0) is 43.4 Å². The number of nitrogens with one attached hydrogen (secondary N) is 2. The van der Waals surface area contributed by atoms with Crippen LogP contribution in [0.2, 0.25) is 0 Å². The van der Waals surface area contributed by atoms with E-state index in [9.17, 15) is 9.59 Å². The maximum atomic E-state index is 13.5. The summed E-state index contributed by atoms with van der Waals surface area (Å²) in [7, 11) is 0.